The third-order valence-electron chi connectivity index (χ3n) is 3.42. The van der Waals surface area contributed by atoms with Gasteiger partial charge in [-0.1, -0.05) is 22.8 Å². The highest BCUT2D eigenvalue weighted by atomic mass is 35.5. The van der Waals surface area contributed by atoms with Crippen molar-refractivity contribution in [3.63, 3.8) is 0 Å². The van der Waals surface area contributed by atoms with Gasteiger partial charge in [-0.25, -0.2) is 4.39 Å². The Morgan fingerprint density at radius 2 is 2.33 bits per heavy atom. The molecule has 6 heteroatoms. The van der Waals surface area contributed by atoms with Crippen LogP contribution in [-0.2, 0) is 17.8 Å². The van der Waals surface area contributed by atoms with Crippen molar-refractivity contribution in [1.29, 1.82) is 0 Å². The number of nitrogens with one attached hydrogen (secondary N) is 1. The Hall–Kier alpha value is -1.43. The first-order valence-corrected chi connectivity index (χ1v) is 7.32. The lowest BCUT2D eigenvalue weighted by Gasteiger charge is -2.09. The van der Waals surface area contributed by atoms with Gasteiger partial charge < -0.3 is 9.26 Å². The molecule has 1 atom stereocenters. The molecule has 1 aliphatic rings. The molecule has 4 nitrogen and oxygen atoms in total. The molecule has 1 aromatic carbocycles. The van der Waals surface area contributed by atoms with Crippen LogP contribution in [0.25, 0.3) is 0 Å². The van der Waals surface area contributed by atoms with Crippen LogP contribution in [0.15, 0.2) is 28.8 Å². The Morgan fingerprint density at radius 1 is 1.43 bits per heavy atom. The lowest BCUT2D eigenvalue weighted by molar-refractivity contribution is 0.0281. The molecule has 1 aliphatic heterocycles. The van der Waals surface area contributed by atoms with Gasteiger partial charge in [0.25, 0.3) is 0 Å². The van der Waals surface area contributed by atoms with Gasteiger partial charge in [-0.2, -0.15) is 0 Å². The van der Waals surface area contributed by atoms with Crippen LogP contribution in [0, 0.1) is 5.82 Å². The molecular formula is C15H16ClFN2O2. The van der Waals surface area contributed by atoms with E-state index in [9.17, 15) is 4.39 Å². The summed E-state index contributed by atoms with van der Waals surface area (Å²) in [7, 11) is 0. The smallest absolute Gasteiger partial charge is 0.142 e. The van der Waals surface area contributed by atoms with Crippen molar-refractivity contribution in [2.45, 2.75) is 32.1 Å². The van der Waals surface area contributed by atoms with Crippen molar-refractivity contribution in [2.24, 2.45) is 0 Å². The third kappa shape index (κ3) is 3.81. The number of ether oxygens (including phenoxy) is 1. The third-order valence-corrected chi connectivity index (χ3v) is 3.72. The van der Waals surface area contributed by atoms with Crippen LogP contribution in [0.5, 0.6) is 0 Å². The van der Waals surface area contributed by atoms with Gasteiger partial charge in [0.05, 0.1) is 11.6 Å². The molecule has 3 rings (SSSR count). The molecule has 0 amide bonds. The fourth-order valence-electron chi connectivity index (χ4n) is 2.34. The van der Waals surface area contributed by atoms with E-state index in [2.05, 4.69) is 10.5 Å². The highest BCUT2D eigenvalue weighted by Gasteiger charge is 2.15. The lowest BCUT2D eigenvalue weighted by atomic mass is 10.1. The predicted molar refractivity (Wildman–Crippen MR) is 76.5 cm³/mol. The van der Waals surface area contributed by atoms with Crippen LogP contribution in [0.3, 0.4) is 0 Å². The fraction of sp³-hybridized carbons (Fsp3) is 0.400. The molecular weight excluding hydrogens is 295 g/mol. The number of hydrogen-bond acceptors (Lipinski definition) is 4. The minimum absolute atomic E-state index is 0.107. The topological polar surface area (TPSA) is 47.3 Å². The largest absolute Gasteiger partial charge is 0.361 e. The average molecular weight is 311 g/mol. The summed E-state index contributed by atoms with van der Waals surface area (Å²) in [5, 5.41) is 7.34. The molecule has 1 aromatic heterocycles. The molecule has 2 aromatic rings. The summed E-state index contributed by atoms with van der Waals surface area (Å²) in [5.74, 6) is 0.249. The van der Waals surface area contributed by atoms with Crippen molar-refractivity contribution in [3.05, 3.63) is 52.1 Å². The van der Waals surface area contributed by atoms with Gasteiger partial charge >= 0.3 is 0 Å². The Morgan fingerprint density at radius 3 is 3.10 bits per heavy atom. The molecule has 2 heterocycles. The molecule has 0 saturated carbocycles. The standard InChI is InChI=1S/C15H16ClFN2O2/c16-13-4-3-10(7-14(13)17)6-12-8-11(19-21-12)9-20-15-2-1-5-18-15/h3-4,7-8,15,18H,1-2,5-6,9H2. The number of halogens is 2. The van der Waals surface area contributed by atoms with Gasteiger partial charge in [0.15, 0.2) is 0 Å². The van der Waals surface area contributed by atoms with Crippen LogP contribution >= 0.6 is 11.6 Å². The van der Waals surface area contributed by atoms with Crippen LogP contribution in [0.1, 0.15) is 29.9 Å². The molecule has 112 valence electrons. The molecule has 0 aliphatic carbocycles. The first-order chi connectivity index (χ1) is 10.2. The number of aromatic nitrogens is 1. The Bertz CT molecular complexity index is 611. The van der Waals surface area contributed by atoms with E-state index in [0.29, 0.717) is 18.8 Å². The number of benzene rings is 1. The van der Waals surface area contributed by atoms with E-state index in [1.807, 2.05) is 6.07 Å². The number of nitrogens with zero attached hydrogens (tertiary/aromatic N) is 1. The second kappa shape index (κ2) is 6.56. The molecule has 21 heavy (non-hydrogen) atoms. The SMILES string of the molecule is Fc1cc(Cc2cc(COC3CCCN3)no2)ccc1Cl. The van der Waals surface area contributed by atoms with Gasteiger partial charge in [0, 0.05) is 12.5 Å². The van der Waals surface area contributed by atoms with Crippen molar-refractivity contribution in [3.8, 4) is 0 Å². The second-order valence-corrected chi connectivity index (χ2v) is 5.51. The molecule has 1 saturated heterocycles. The molecule has 0 spiro atoms. The Balaban J connectivity index is 1.57. The fourth-order valence-corrected chi connectivity index (χ4v) is 2.46. The van der Waals surface area contributed by atoms with Crippen LogP contribution < -0.4 is 5.32 Å². The number of hydrogen-bond donors (Lipinski definition) is 1. The maximum Gasteiger partial charge on any atom is 0.142 e. The van der Waals surface area contributed by atoms with Crippen molar-refractivity contribution < 1.29 is 13.7 Å². The van der Waals surface area contributed by atoms with E-state index in [4.69, 9.17) is 20.9 Å². The van der Waals surface area contributed by atoms with E-state index < -0.39 is 5.82 Å². The summed E-state index contributed by atoms with van der Waals surface area (Å²) in [4.78, 5) is 0. The molecule has 1 unspecified atom stereocenters. The van der Waals surface area contributed by atoms with Gasteiger partial charge in [0.2, 0.25) is 0 Å². The first kappa shape index (κ1) is 14.5. The van der Waals surface area contributed by atoms with E-state index in [0.717, 1.165) is 30.6 Å². The maximum absolute atomic E-state index is 13.4. The average Bonchev–Trinajstić information content (AvgIpc) is 3.12. The molecule has 1 fully saturated rings. The molecule has 0 bridgehead atoms. The normalized spacial score (nSPS) is 18.3. The highest BCUT2D eigenvalue weighted by Crippen LogP contribution is 2.18. The van der Waals surface area contributed by atoms with E-state index in [1.54, 1.807) is 12.1 Å². The summed E-state index contributed by atoms with van der Waals surface area (Å²) in [6.07, 6.45) is 2.74. The van der Waals surface area contributed by atoms with Gasteiger partial charge in [-0.15, -0.1) is 0 Å². The predicted octanol–water partition coefficient (Wildman–Crippen LogP) is 3.28. The minimum atomic E-state index is -0.426. The Kier molecular flexibility index (Phi) is 4.53. The van der Waals surface area contributed by atoms with E-state index in [-0.39, 0.29) is 11.3 Å². The highest BCUT2D eigenvalue weighted by molar-refractivity contribution is 6.30. The summed E-state index contributed by atoms with van der Waals surface area (Å²) in [6.45, 7) is 1.41. The zero-order valence-corrected chi connectivity index (χ0v) is 12.2. The summed E-state index contributed by atoms with van der Waals surface area (Å²) in [5.41, 5.74) is 1.53. The summed E-state index contributed by atoms with van der Waals surface area (Å²) >= 11 is 5.66. The van der Waals surface area contributed by atoms with Crippen molar-refractivity contribution >= 4 is 11.6 Å². The van der Waals surface area contributed by atoms with Crippen LogP contribution in [-0.4, -0.2) is 17.9 Å². The number of rotatable bonds is 5. The zero-order valence-electron chi connectivity index (χ0n) is 11.4. The maximum atomic E-state index is 13.4. The van der Waals surface area contributed by atoms with E-state index >= 15 is 0 Å². The first-order valence-electron chi connectivity index (χ1n) is 6.94. The quantitative estimate of drug-likeness (QED) is 0.920. The second-order valence-electron chi connectivity index (χ2n) is 5.11. The lowest BCUT2D eigenvalue weighted by Crippen LogP contribution is -2.24. The van der Waals surface area contributed by atoms with Crippen molar-refractivity contribution in [1.82, 2.24) is 10.5 Å². The zero-order chi connectivity index (χ0) is 14.7. The molecule has 1 N–H and O–H groups in total. The summed E-state index contributed by atoms with van der Waals surface area (Å²) < 4.78 is 24.3. The molecule has 0 radical (unpaired) electrons. The Labute approximate surface area is 127 Å². The summed E-state index contributed by atoms with van der Waals surface area (Å²) in [6, 6.07) is 6.55. The van der Waals surface area contributed by atoms with E-state index in [1.165, 1.54) is 6.07 Å². The van der Waals surface area contributed by atoms with Crippen LogP contribution in [0.2, 0.25) is 5.02 Å². The van der Waals surface area contributed by atoms with Crippen molar-refractivity contribution in [2.75, 3.05) is 6.54 Å². The van der Waals surface area contributed by atoms with Gasteiger partial charge in [-0.05, 0) is 37.1 Å². The monoisotopic (exact) mass is 310 g/mol. The van der Waals surface area contributed by atoms with Gasteiger partial charge in [-0.3, -0.25) is 5.32 Å². The minimum Gasteiger partial charge on any atom is -0.361 e. The van der Waals surface area contributed by atoms with Gasteiger partial charge in [0.1, 0.15) is 23.5 Å². The van der Waals surface area contributed by atoms with Crippen LogP contribution in [0.4, 0.5) is 4.39 Å².